The van der Waals surface area contributed by atoms with Crippen LogP contribution in [0.15, 0.2) is 12.3 Å². The summed E-state index contributed by atoms with van der Waals surface area (Å²) >= 11 is 1.54. The molecule has 33 heavy (non-hydrogen) atoms. The molecule has 1 rings (SSSR count). The maximum absolute atomic E-state index is 12.8. The first-order valence-corrected chi connectivity index (χ1v) is 12.1. The number of carbonyl (C=O) groups excluding carboxylic acids is 5. The summed E-state index contributed by atoms with van der Waals surface area (Å²) in [6.07, 6.45) is 3.87. The van der Waals surface area contributed by atoms with Gasteiger partial charge in [-0.15, -0.1) is 0 Å². The number of methoxy groups -OCH3 is 1. The fourth-order valence-corrected chi connectivity index (χ4v) is 3.75. The molecule has 1 fully saturated rings. The zero-order valence-corrected chi connectivity index (χ0v) is 20.5. The molecule has 11 nitrogen and oxygen atoms in total. The van der Waals surface area contributed by atoms with Crippen molar-refractivity contribution in [2.75, 3.05) is 38.8 Å². The first kappa shape index (κ1) is 28.3. The quantitative estimate of drug-likeness (QED) is 0.246. The number of likely N-dealkylation sites (tertiary alicyclic amines) is 1. The molecule has 0 radical (unpaired) electrons. The van der Waals surface area contributed by atoms with Crippen molar-refractivity contribution in [3.8, 4) is 0 Å². The van der Waals surface area contributed by atoms with Gasteiger partial charge in [-0.1, -0.05) is 6.58 Å². The van der Waals surface area contributed by atoms with Gasteiger partial charge in [0.25, 0.3) is 0 Å². The fraction of sp³-hybridized carbons (Fsp3) is 0.667. The van der Waals surface area contributed by atoms with Crippen LogP contribution in [0, 0.1) is 0 Å². The molecule has 186 valence electrons. The van der Waals surface area contributed by atoms with Crippen molar-refractivity contribution in [1.29, 1.82) is 0 Å². The third-order valence-corrected chi connectivity index (χ3v) is 5.77. The number of allylic oxidation sites excluding steroid dienone is 1. The minimum Gasteiger partial charge on any atom is -0.468 e. The Balaban J connectivity index is 2.61. The van der Waals surface area contributed by atoms with Crippen LogP contribution in [0.2, 0.25) is 0 Å². The summed E-state index contributed by atoms with van der Waals surface area (Å²) in [5, 5.41) is 10.1. The Morgan fingerprint density at radius 1 is 1.12 bits per heavy atom. The molecule has 0 aromatic carbocycles. The Morgan fingerprint density at radius 3 is 2.42 bits per heavy atom. The highest BCUT2D eigenvalue weighted by Crippen LogP contribution is 2.21. The van der Waals surface area contributed by atoms with Gasteiger partial charge in [0, 0.05) is 12.2 Å². The molecule has 0 aliphatic carbocycles. The Hall–Kier alpha value is -2.76. The SMILES string of the molecule is C=C(C)N1CCC[C@H]1C(=O)N[C@@H](CCSC)C(=O)N[C@@H](C)C(=O)NCC(=O)NCC(=O)OC. The predicted molar refractivity (Wildman–Crippen MR) is 125 cm³/mol. The van der Waals surface area contributed by atoms with Gasteiger partial charge in [0.2, 0.25) is 23.6 Å². The van der Waals surface area contributed by atoms with Crippen molar-refractivity contribution in [1.82, 2.24) is 26.2 Å². The Labute approximate surface area is 198 Å². The summed E-state index contributed by atoms with van der Waals surface area (Å²) < 4.78 is 4.41. The highest BCUT2D eigenvalue weighted by Gasteiger charge is 2.33. The number of thioether (sulfide) groups is 1. The fourth-order valence-electron chi connectivity index (χ4n) is 3.27. The van der Waals surface area contributed by atoms with Gasteiger partial charge < -0.3 is 30.9 Å². The Morgan fingerprint density at radius 2 is 1.82 bits per heavy atom. The number of rotatable bonds is 13. The van der Waals surface area contributed by atoms with E-state index in [9.17, 15) is 24.0 Å². The van der Waals surface area contributed by atoms with Crippen LogP contribution in [0.1, 0.15) is 33.1 Å². The van der Waals surface area contributed by atoms with Crippen molar-refractivity contribution in [2.45, 2.75) is 51.2 Å². The molecular weight excluding hydrogens is 450 g/mol. The standard InChI is InChI=1S/C21H35N5O6S/c1-13(2)26-9-6-7-16(26)21(31)25-15(8-10-33-5)20(30)24-14(3)19(29)23-11-17(27)22-12-18(28)32-4/h14-16H,1,6-12H2,2-5H3,(H,22,27)(H,23,29)(H,24,30)(H,25,31)/t14-,15-,16-/m0/s1. The second-order valence-corrected chi connectivity index (χ2v) is 8.72. The van der Waals surface area contributed by atoms with Gasteiger partial charge in [-0.3, -0.25) is 24.0 Å². The molecule has 1 aliphatic rings. The average Bonchev–Trinajstić information content (AvgIpc) is 3.28. The van der Waals surface area contributed by atoms with E-state index in [4.69, 9.17) is 0 Å². The maximum Gasteiger partial charge on any atom is 0.325 e. The lowest BCUT2D eigenvalue weighted by atomic mass is 10.1. The van der Waals surface area contributed by atoms with Crippen LogP contribution in [0.5, 0.6) is 0 Å². The number of nitrogens with one attached hydrogen (secondary N) is 4. The number of ether oxygens (including phenoxy) is 1. The van der Waals surface area contributed by atoms with Crippen LogP contribution in [0.3, 0.4) is 0 Å². The van der Waals surface area contributed by atoms with Crippen molar-refractivity contribution < 1.29 is 28.7 Å². The van der Waals surface area contributed by atoms with E-state index in [1.165, 1.54) is 14.0 Å². The smallest absolute Gasteiger partial charge is 0.325 e. The normalized spacial score (nSPS) is 16.8. The minimum absolute atomic E-state index is 0.240. The van der Waals surface area contributed by atoms with Gasteiger partial charge in [0.15, 0.2) is 0 Å². The number of hydrogen-bond acceptors (Lipinski definition) is 8. The van der Waals surface area contributed by atoms with Crippen LogP contribution in [-0.2, 0) is 28.7 Å². The molecule has 0 aromatic rings. The molecule has 0 aromatic heterocycles. The number of carbonyl (C=O) groups is 5. The second-order valence-electron chi connectivity index (χ2n) is 7.73. The van der Waals surface area contributed by atoms with Crippen molar-refractivity contribution in [2.24, 2.45) is 0 Å². The topological polar surface area (TPSA) is 146 Å². The van der Waals surface area contributed by atoms with E-state index < -0.39 is 35.8 Å². The molecule has 3 atom stereocenters. The van der Waals surface area contributed by atoms with E-state index in [0.717, 1.165) is 18.7 Å². The lowest BCUT2D eigenvalue weighted by Crippen LogP contribution is -2.55. The Kier molecular flexibility index (Phi) is 12.3. The summed E-state index contributed by atoms with van der Waals surface area (Å²) in [4.78, 5) is 62.5. The van der Waals surface area contributed by atoms with Crippen LogP contribution < -0.4 is 21.3 Å². The summed E-state index contributed by atoms with van der Waals surface area (Å²) in [6, 6.07) is -2.09. The van der Waals surface area contributed by atoms with Gasteiger partial charge in [-0.05, 0) is 45.1 Å². The zero-order chi connectivity index (χ0) is 25.0. The summed E-state index contributed by atoms with van der Waals surface area (Å²) in [6.45, 7) is 7.32. The van der Waals surface area contributed by atoms with Crippen molar-refractivity contribution >= 4 is 41.4 Å². The van der Waals surface area contributed by atoms with Crippen LogP contribution in [-0.4, -0.2) is 91.4 Å². The van der Waals surface area contributed by atoms with Crippen molar-refractivity contribution in [3.05, 3.63) is 12.3 Å². The van der Waals surface area contributed by atoms with Crippen molar-refractivity contribution in [3.63, 3.8) is 0 Å². The molecule has 1 heterocycles. The average molecular weight is 486 g/mol. The van der Waals surface area contributed by atoms with E-state index in [-0.39, 0.29) is 25.0 Å². The zero-order valence-electron chi connectivity index (χ0n) is 19.7. The van der Waals surface area contributed by atoms with Gasteiger partial charge >= 0.3 is 5.97 Å². The highest BCUT2D eigenvalue weighted by atomic mass is 32.2. The minimum atomic E-state index is -0.932. The largest absolute Gasteiger partial charge is 0.468 e. The molecule has 0 saturated carbocycles. The molecule has 1 aliphatic heterocycles. The molecule has 12 heteroatoms. The number of esters is 1. The first-order chi connectivity index (χ1) is 15.6. The number of hydrogen-bond donors (Lipinski definition) is 4. The third-order valence-electron chi connectivity index (χ3n) is 5.12. The maximum atomic E-state index is 12.8. The van der Waals surface area contributed by atoms with E-state index in [0.29, 0.717) is 18.6 Å². The molecule has 0 bridgehead atoms. The second kappa shape index (κ2) is 14.4. The molecule has 1 saturated heterocycles. The van der Waals surface area contributed by atoms with Crippen LogP contribution >= 0.6 is 11.8 Å². The number of amides is 4. The van der Waals surface area contributed by atoms with E-state index >= 15 is 0 Å². The van der Waals surface area contributed by atoms with Gasteiger partial charge in [0.1, 0.15) is 24.7 Å². The summed E-state index contributed by atoms with van der Waals surface area (Å²) in [7, 11) is 1.19. The molecule has 4 N–H and O–H groups in total. The van der Waals surface area contributed by atoms with E-state index in [2.05, 4.69) is 32.6 Å². The molecule has 4 amide bonds. The summed E-state index contributed by atoms with van der Waals surface area (Å²) in [5.74, 6) is -1.83. The number of nitrogens with zero attached hydrogens (tertiary/aromatic N) is 1. The van der Waals surface area contributed by atoms with Crippen LogP contribution in [0.25, 0.3) is 0 Å². The predicted octanol–water partition coefficient (Wildman–Crippen LogP) is -0.868. The van der Waals surface area contributed by atoms with Gasteiger partial charge in [-0.25, -0.2) is 0 Å². The monoisotopic (exact) mass is 485 g/mol. The van der Waals surface area contributed by atoms with Gasteiger partial charge in [-0.2, -0.15) is 11.8 Å². The molecule has 0 unspecified atom stereocenters. The summed E-state index contributed by atoms with van der Waals surface area (Å²) in [5.41, 5.74) is 0.804. The Bertz CT molecular complexity index is 747. The van der Waals surface area contributed by atoms with E-state index in [1.807, 2.05) is 18.1 Å². The van der Waals surface area contributed by atoms with E-state index in [1.54, 1.807) is 11.8 Å². The van der Waals surface area contributed by atoms with Gasteiger partial charge in [0.05, 0.1) is 13.7 Å². The molecule has 0 spiro atoms. The first-order valence-electron chi connectivity index (χ1n) is 10.7. The lowest BCUT2D eigenvalue weighted by Gasteiger charge is -2.28. The highest BCUT2D eigenvalue weighted by molar-refractivity contribution is 7.98. The lowest BCUT2D eigenvalue weighted by molar-refractivity contribution is -0.141. The van der Waals surface area contributed by atoms with Crippen LogP contribution in [0.4, 0.5) is 0 Å². The third kappa shape index (κ3) is 9.72. The molecular formula is C21H35N5O6S.